The van der Waals surface area contributed by atoms with Crippen LogP contribution in [-0.4, -0.2) is 16.0 Å². The molecular weight excluding hydrogens is 132 g/mol. The summed E-state index contributed by atoms with van der Waals surface area (Å²) in [6.07, 6.45) is 1.22. The molecule has 0 fully saturated rings. The number of nitrogens with two attached hydrogens (primary N) is 1. The van der Waals surface area contributed by atoms with Gasteiger partial charge in [0.05, 0.1) is 5.56 Å². The summed E-state index contributed by atoms with van der Waals surface area (Å²) in [6, 6.07) is 2.71. The highest BCUT2D eigenvalue weighted by Gasteiger charge is 1.98. The van der Waals surface area contributed by atoms with Crippen molar-refractivity contribution in [1.82, 2.24) is 4.98 Å². The molecule has 1 heterocycles. The van der Waals surface area contributed by atoms with E-state index < -0.39 is 5.91 Å². The zero-order valence-electron chi connectivity index (χ0n) is 5.11. The Labute approximate surface area is 57.3 Å². The fraction of sp³-hybridized carbons (Fsp3) is 0. The zero-order valence-corrected chi connectivity index (χ0v) is 5.11. The smallest absolute Gasteiger partial charge is 0.250 e. The van der Waals surface area contributed by atoms with Crippen LogP contribution in [0.2, 0.25) is 0 Å². The van der Waals surface area contributed by atoms with E-state index in [0.29, 0.717) is 0 Å². The third-order valence-electron chi connectivity index (χ3n) is 1.03. The minimum atomic E-state index is -0.549. The van der Waals surface area contributed by atoms with E-state index in [1.54, 1.807) is 0 Å². The average molecular weight is 138 g/mol. The Morgan fingerprint density at radius 3 is 2.70 bits per heavy atom. The molecule has 3 N–H and O–H groups in total. The second-order valence-corrected chi connectivity index (χ2v) is 1.77. The Morgan fingerprint density at radius 2 is 2.30 bits per heavy atom. The number of carbonyl (C=O) groups excluding carboxylic acids is 1. The number of nitrogens with zero attached hydrogens (tertiary/aromatic N) is 1. The number of aromatic nitrogens is 1. The predicted molar refractivity (Wildman–Crippen MR) is 34.4 cm³/mol. The normalized spacial score (nSPS) is 9.20. The SMILES string of the molecule is NC(=O)c1ccc(O)nc1. The Hall–Kier alpha value is -1.58. The molecule has 0 saturated heterocycles. The van der Waals surface area contributed by atoms with E-state index in [1.807, 2.05) is 0 Å². The molecule has 0 radical (unpaired) electrons. The number of rotatable bonds is 1. The van der Waals surface area contributed by atoms with Gasteiger partial charge in [-0.05, 0) is 6.07 Å². The Morgan fingerprint density at radius 1 is 1.60 bits per heavy atom. The molecular formula is C6H6N2O2. The molecule has 52 valence electrons. The molecule has 0 unspecified atom stereocenters. The molecule has 0 aliphatic heterocycles. The number of aromatic hydroxyl groups is 1. The van der Waals surface area contributed by atoms with Gasteiger partial charge in [0.25, 0.3) is 0 Å². The molecule has 1 rings (SSSR count). The summed E-state index contributed by atoms with van der Waals surface area (Å²) in [5.41, 5.74) is 5.19. The first kappa shape index (κ1) is 6.54. The van der Waals surface area contributed by atoms with E-state index >= 15 is 0 Å². The van der Waals surface area contributed by atoms with Crippen LogP contribution in [-0.2, 0) is 0 Å². The lowest BCUT2D eigenvalue weighted by molar-refractivity contribution is 0.1000. The maximum absolute atomic E-state index is 10.4. The Bertz CT molecular complexity index is 242. The van der Waals surface area contributed by atoms with Gasteiger partial charge in [0.1, 0.15) is 0 Å². The van der Waals surface area contributed by atoms with Gasteiger partial charge in [-0.2, -0.15) is 0 Å². The number of carbonyl (C=O) groups is 1. The van der Waals surface area contributed by atoms with Gasteiger partial charge in [0.15, 0.2) is 0 Å². The number of pyridine rings is 1. The van der Waals surface area contributed by atoms with Crippen molar-refractivity contribution in [3.63, 3.8) is 0 Å². The van der Waals surface area contributed by atoms with Gasteiger partial charge in [-0.3, -0.25) is 4.79 Å². The monoisotopic (exact) mass is 138 g/mol. The van der Waals surface area contributed by atoms with Gasteiger partial charge in [0.2, 0.25) is 11.8 Å². The molecule has 0 aliphatic carbocycles. The van der Waals surface area contributed by atoms with Crippen molar-refractivity contribution in [1.29, 1.82) is 0 Å². The minimum Gasteiger partial charge on any atom is -0.493 e. The van der Waals surface area contributed by atoms with Gasteiger partial charge in [-0.1, -0.05) is 0 Å². The summed E-state index contributed by atoms with van der Waals surface area (Å²) in [5, 5.41) is 8.68. The van der Waals surface area contributed by atoms with Crippen LogP contribution >= 0.6 is 0 Å². The minimum absolute atomic E-state index is 0.120. The zero-order chi connectivity index (χ0) is 7.56. The summed E-state index contributed by atoms with van der Waals surface area (Å²) in [4.78, 5) is 13.9. The van der Waals surface area contributed by atoms with E-state index in [-0.39, 0.29) is 11.4 Å². The van der Waals surface area contributed by atoms with Crippen molar-refractivity contribution in [2.75, 3.05) is 0 Å². The van der Waals surface area contributed by atoms with Crippen LogP contribution in [0.4, 0.5) is 0 Å². The highest BCUT2D eigenvalue weighted by molar-refractivity contribution is 5.92. The molecule has 0 aromatic carbocycles. The van der Waals surface area contributed by atoms with E-state index in [2.05, 4.69) is 4.98 Å². The standard InChI is InChI=1S/C6H6N2O2/c7-6(10)4-1-2-5(9)8-3-4/h1-3H,(H2,7,10)(H,8,9). The molecule has 10 heavy (non-hydrogen) atoms. The van der Waals surface area contributed by atoms with Gasteiger partial charge in [0, 0.05) is 12.3 Å². The first-order valence-corrected chi connectivity index (χ1v) is 2.65. The van der Waals surface area contributed by atoms with Gasteiger partial charge < -0.3 is 10.8 Å². The Balaban J connectivity index is 3.00. The maximum atomic E-state index is 10.4. The second kappa shape index (κ2) is 2.34. The van der Waals surface area contributed by atoms with Crippen LogP contribution < -0.4 is 5.73 Å². The highest BCUT2D eigenvalue weighted by Crippen LogP contribution is 2.03. The van der Waals surface area contributed by atoms with Crippen molar-refractivity contribution >= 4 is 5.91 Å². The fourth-order valence-corrected chi connectivity index (χ4v) is 0.532. The van der Waals surface area contributed by atoms with Crippen LogP contribution in [0.3, 0.4) is 0 Å². The average Bonchev–Trinajstić information content (AvgIpc) is 1.88. The lowest BCUT2D eigenvalue weighted by Crippen LogP contribution is -2.10. The van der Waals surface area contributed by atoms with Crippen molar-refractivity contribution in [3.8, 4) is 5.88 Å². The van der Waals surface area contributed by atoms with Gasteiger partial charge >= 0.3 is 0 Å². The van der Waals surface area contributed by atoms with Crippen LogP contribution in [0, 0.1) is 0 Å². The number of hydrogen-bond donors (Lipinski definition) is 2. The van der Waals surface area contributed by atoms with Crippen LogP contribution in [0.5, 0.6) is 5.88 Å². The lowest BCUT2D eigenvalue weighted by atomic mass is 10.3. The maximum Gasteiger partial charge on any atom is 0.250 e. The summed E-state index contributed by atoms with van der Waals surface area (Å²) in [5.74, 6) is -0.669. The molecule has 1 amide bonds. The summed E-state index contributed by atoms with van der Waals surface area (Å²) in [7, 11) is 0. The van der Waals surface area contributed by atoms with Crippen LogP contribution in [0.1, 0.15) is 10.4 Å². The van der Waals surface area contributed by atoms with Gasteiger partial charge in [-0.15, -0.1) is 0 Å². The first-order chi connectivity index (χ1) is 4.70. The van der Waals surface area contributed by atoms with E-state index in [0.717, 1.165) is 0 Å². The quantitative estimate of drug-likeness (QED) is 0.568. The summed E-state index contributed by atoms with van der Waals surface area (Å²) >= 11 is 0. The third-order valence-corrected chi connectivity index (χ3v) is 1.03. The molecule has 0 bridgehead atoms. The number of primary amides is 1. The van der Waals surface area contributed by atoms with E-state index in [9.17, 15) is 4.79 Å². The summed E-state index contributed by atoms with van der Waals surface area (Å²) < 4.78 is 0. The van der Waals surface area contributed by atoms with Gasteiger partial charge in [-0.25, -0.2) is 4.98 Å². The molecule has 0 aliphatic rings. The van der Waals surface area contributed by atoms with Crippen molar-refractivity contribution in [2.45, 2.75) is 0 Å². The van der Waals surface area contributed by atoms with Crippen molar-refractivity contribution in [3.05, 3.63) is 23.9 Å². The molecule has 4 nitrogen and oxygen atoms in total. The molecule has 0 spiro atoms. The van der Waals surface area contributed by atoms with Crippen molar-refractivity contribution < 1.29 is 9.90 Å². The largest absolute Gasteiger partial charge is 0.493 e. The number of amides is 1. The van der Waals surface area contributed by atoms with Crippen molar-refractivity contribution in [2.24, 2.45) is 5.73 Å². The predicted octanol–water partition coefficient (Wildman–Crippen LogP) is -0.114. The molecule has 0 atom stereocenters. The molecule has 1 aromatic heterocycles. The topological polar surface area (TPSA) is 76.2 Å². The van der Waals surface area contributed by atoms with E-state index in [4.69, 9.17) is 10.8 Å². The fourth-order valence-electron chi connectivity index (χ4n) is 0.532. The Kier molecular flexibility index (Phi) is 1.53. The van der Waals surface area contributed by atoms with Crippen LogP contribution in [0.15, 0.2) is 18.3 Å². The second-order valence-electron chi connectivity index (χ2n) is 1.77. The summed E-state index contributed by atoms with van der Waals surface area (Å²) in [6.45, 7) is 0. The highest BCUT2D eigenvalue weighted by atomic mass is 16.3. The van der Waals surface area contributed by atoms with Crippen LogP contribution in [0.25, 0.3) is 0 Å². The third kappa shape index (κ3) is 1.22. The van der Waals surface area contributed by atoms with E-state index in [1.165, 1.54) is 18.3 Å². The number of hydrogen-bond acceptors (Lipinski definition) is 3. The molecule has 4 heteroatoms. The first-order valence-electron chi connectivity index (χ1n) is 2.65. The molecule has 0 saturated carbocycles. The molecule has 1 aromatic rings. The lowest BCUT2D eigenvalue weighted by Gasteiger charge is -1.92.